The molecule has 2 aromatic rings. The lowest BCUT2D eigenvalue weighted by molar-refractivity contribution is -0.117. The van der Waals surface area contributed by atoms with E-state index in [2.05, 4.69) is 10.5 Å². The predicted octanol–water partition coefficient (Wildman–Crippen LogP) is 2.38. The van der Waals surface area contributed by atoms with Crippen LogP contribution in [0.1, 0.15) is 29.0 Å². The number of halogens is 1. The first-order valence-corrected chi connectivity index (χ1v) is 8.41. The van der Waals surface area contributed by atoms with Crippen LogP contribution in [-0.4, -0.2) is 47.7 Å². The molecule has 0 spiro atoms. The van der Waals surface area contributed by atoms with Gasteiger partial charge in [-0.2, -0.15) is 0 Å². The summed E-state index contributed by atoms with van der Waals surface area (Å²) < 4.78 is 24.5. The second-order valence-corrected chi connectivity index (χ2v) is 6.17. The van der Waals surface area contributed by atoms with Crippen molar-refractivity contribution in [1.29, 1.82) is 0 Å². The maximum Gasteiger partial charge on any atom is 0.257 e. The molecule has 7 nitrogen and oxygen atoms in total. The van der Waals surface area contributed by atoms with Crippen LogP contribution < -0.4 is 5.32 Å². The molecule has 1 aromatic carbocycles. The molecule has 1 N–H and O–H groups in total. The fourth-order valence-corrected chi connectivity index (χ4v) is 2.84. The van der Waals surface area contributed by atoms with Crippen LogP contribution in [0.5, 0.6) is 0 Å². The largest absolute Gasteiger partial charge is 0.376 e. The average molecular weight is 361 g/mol. The van der Waals surface area contributed by atoms with Gasteiger partial charge in [0.2, 0.25) is 5.91 Å². The van der Waals surface area contributed by atoms with Gasteiger partial charge in [-0.25, -0.2) is 4.39 Å². The third-order valence-electron chi connectivity index (χ3n) is 4.07. The number of ether oxygens (including phenoxy) is 1. The van der Waals surface area contributed by atoms with Gasteiger partial charge in [0.1, 0.15) is 18.1 Å². The summed E-state index contributed by atoms with van der Waals surface area (Å²) in [6, 6.07) is 7.28. The summed E-state index contributed by atoms with van der Waals surface area (Å²) in [5.74, 6) is -0.796. The summed E-state index contributed by atoms with van der Waals surface area (Å²) in [5, 5.41) is 6.26. The van der Waals surface area contributed by atoms with E-state index in [1.807, 2.05) is 0 Å². The van der Waals surface area contributed by atoms with E-state index in [0.29, 0.717) is 12.4 Å². The minimum atomic E-state index is -0.623. The standard InChI is InChI=1S/C18H20FN3O4/c1-12-9-16(21-26-12)20-17(23)11-22(10-13-5-4-8-25-13)18(24)14-6-2-3-7-15(14)19/h2-3,6-7,9,13H,4-5,8,10-11H2,1H3,(H,20,21,23). The van der Waals surface area contributed by atoms with Gasteiger partial charge in [-0.05, 0) is 31.9 Å². The molecule has 1 saturated heterocycles. The number of rotatable bonds is 6. The zero-order chi connectivity index (χ0) is 18.5. The maximum atomic E-state index is 14.0. The minimum Gasteiger partial charge on any atom is -0.376 e. The highest BCUT2D eigenvalue weighted by Gasteiger charge is 2.26. The normalized spacial score (nSPS) is 16.5. The molecule has 0 radical (unpaired) electrons. The summed E-state index contributed by atoms with van der Waals surface area (Å²) in [6.45, 7) is 2.31. The highest BCUT2D eigenvalue weighted by molar-refractivity contribution is 5.99. The molecule has 1 aliphatic heterocycles. The Morgan fingerprint density at radius 2 is 2.19 bits per heavy atom. The molecule has 26 heavy (non-hydrogen) atoms. The minimum absolute atomic E-state index is 0.0735. The van der Waals surface area contributed by atoms with Crippen molar-refractivity contribution < 1.29 is 23.2 Å². The van der Waals surface area contributed by atoms with Gasteiger partial charge in [-0.1, -0.05) is 17.3 Å². The monoisotopic (exact) mass is 361 g/mol. The van der Waals surface area contributed by atoms with Crippen molar-refractivity contribution in [3.63, 3.8) is 0 Å². The second kappa shape index (κ2) is 8.09. The van der Waals surface area contributed by atoms with E-state index >= 15 is 0 Å². The number of nitrogens with one attached hydrogen (secondary N) is 1. The van der Waals surface area contributed by atoms with Crippen molar-refractivity contribution in [3.8, 4) is 0 Å². The second-order valence-electron chi connectivity index (χ2n) is 6.17. The number of nitrogens with zero attached hydrogens (tertiary/aromatic N) is 2. The molecular formula is C18H20FN3O4. The maximum absolute atomic E-state index is 14.0. The number of aromatic nitrogens is 1. The highest BCUT2D eigenvalue weighted by Crippen LogP contribution is 2.17. The molecule has 1 aliphatic rings. The Morgan fingerprint density at radius 3 is 2.85 bits per heavy atom. The van der Waals surface area contributed by atoms with Crippen molar-refractivity contribution >= 4 is 17.6 Å². The van der Waals surface area contributed by atoms with E-state index in [1.165, 1.54) is 23.1 Å². The number of benzene rings is 1. The highest BCUT2D eigenvalue weighted by atomic mass is 19.1. The van der Waals surface area contributed by atoms with Gasteiger partial charge in [0.15, 0.2) is 5.82 Å². The molecule has 0 saturated carbocycles. The molecule has 2 heterocycles. The van der Waals surface area contributed by atoms with Gasteiger partial charge < -0.3 is 19.5 Å². The Bertz CT molecular complexity index is 786. The van der Waals surface area contributed by atoms with Crippen molar-refractivity contribution in [2.75, 3.05) is 25.0 Å². The van der Waals surface area contributed by atoms with Gasteiger partial charge in [-0.3, -0.25) is 9.59 Å². The third kappa shape index (κ3) is 4.45. The first kappa shape index (κ1) is 18.1. The fraction of sp³-hybridized carbons (Fsp3) is 0.389. The van der Waals surface area contributed by atoms with Gasteiger partial charge in [0, 0.05) is 19.2 Å². The lowest BCUT2D eigenvalue weighted by Crippen LogP contribution is -2.42. The summed E-state index contributed by atoms with van der Waals surface area (Å²) >= 11 is 0. The zero-order valence-electron chi connectivity index (χ0n) is 14.4. The van der Waals surface area contributed by atoms with Crippen LogP contribution in [0.2, 0.25) is 0 Å². The van der Waals surface area contributed by atoms with E-state index < -0.39 is 17.6 Å². The molecule has 0 bridgehead atoms. The average Bonchev–Trinajstić information content (AvgIpc) is 3.26. The van der Waals surface area contributed by atoms with Gasteiger partial charge >= 0.3 is 0 Å². The molecule has 0 aliphatic carbocycles. The number of anilines is 1. The molecule has 138 valence electrons. The van der Waals surface area contributed by atoms with Crippen LogP contribution in [0.3, 0.4) is 0 Å². The van der Waals surface area contributed by atoms with Crippen LogP contribution in [-0.2, 0) is 9.53 Å². The first-order valence-electron chi connectivity index (χ1n) is 8.41. The SMILES string of the molecule is Cc1cc(NC(=O)CN(CC2CCCO2)C(=O)c2ccccc2F)no1. The Hall–Kier alpha value is -2.74. The van der Waals surface area contributed by atoms with E-state index in [9.17, 15) is 14.0 Å². The van der Waals surface area contributed by atoms with Crippen molar-refractivity contribution in [1.82, 2.24) is 10.1 Å². The Kier molecular flexibility index (Phi) is 5.62. The van der Waals surface area contributed by atoms with Crippen LogP contribution in [0, 0.1) is 12.7 Å². The van der Waals surface area contributed by atoms with Crippen molar-refractivity contribution in [3.05, 3.63) is 47.5 Å². The number of amides is 2. The molecule has 1 aromatic heterocycles. The molecule has 8 heteroatoms. The van der Waals surface area contributed by atoms with Crippen molar-refractivity contribution in [2.45, 2.75) is 25.9 Å². The van der Waals surface area contributed by atoms with Crippen molar-refractivity contribution in [2.24, 2.45) is 0 Å². The zero-order valence-corrected chi connectivity index (χ0v) is 14.4. The number of hydrogen-bond acceptors (Lipinski definition) is 5. The summed E-state index contributed by atoms with van der Waals surface area (Å²) in [4.78, 5) is 26.4. The third-order valence-corrected chi connectivity index (χ3v) is 4.07. The van der Waals surface area contributed by atoms with Crippen LogP contribution >= 0.6 is 0 Å². The van der Waals surface area contributed by atoms with Crippen LogP contribution in [0.4, 0.5) is 10.2 Å². The Morgan fingerprint density at radius 1 is 1.38 bits per heavy atom. The summed E-state index contributed by atoms with van der Waals surface area (Å²) in [7, 11) is 0. The molecular weight excluding hydrogens is 341 g/mol. The lowest BCUT2D eigenvalue weighted by atomic mass is 10.1. The molecule has 1 unspecified atom stereocenters. The summed E-state index contributed by atoms with van der Waals surface area (Å²) in [6.07, 6.45) is 1.54. The number of carbonyl (C=O) groups excluding carboxylic acids is 2. The van der Waals surface area contributed by atoms with E-state index in [-0.39, 0.29) is 30.6 Å². The molecule has 1 fully saturated rings. The topological polar surface area (TPSA) is 84.7 Å². The number of aryl methyl sites for hydroxylation is 1. The molecule has 1 atom stereocenters. The van der Waals surface area contributed by atoms with Gasteiger partial charge in [-0.15, -0.1) is 0 Å². The Labute approximate surface area is 150 Å². The number of carbonyl (C=O) groups is 2. The van der Waals surface area contributed by atoms with Gasteiger partial charge in [0.05, 0.1) is 11.7 Å². The fourth-order valence-electron chi connectivity index (χ4n) is 2.84. The smallest absolute Gasteiger partial charge is 0.257 e. The van der Waals surface area contributed by atoms with E-state index in [1.54, 1.807) is 19.1 Å². The predicted molar refractivity (Wildman–Crippen MR) is 91.1 cm³/mol. The van der Waals surface area contributed by atoms with Crippen LogP contribution in [0.25, 0.3) is 0 Å². The van der Waals surface area contributed by atoms with E-state index in [0.717, 1.165) is 12.8 Å². The summed E-state index contributed by atoms with van der Waals surface area (Å²) in [5.41, 5.74) is -0.0735. The molecule has 2 amide bonds. The molecule has 3 rings (SSSR count). The van der Waals surface area contributed by atoms with Gasteiger partial charge in [0.25, 0.3) is 5.91 Å². The number of hydrogen-bond donors (Lipinski definition) is 1. The van der Waals surface area contributed by atoms with Crippen LogP contribution in [0.15, 0.2) is 34.9 Å². The van der Waals surface area contributed by atoms with E-state index in [4.69, 9.17) is 9.26 Å². The quantitative estimate of drug-likeness (QED) is 0.854. The lowest BCUT2D eigenvalue weighted by Gasteiger charge is -2.25. The first-order chi connectivity index (χ1) is 12.5. The Balaban J connectivity index is 1.72.